The minimum atomic E-state index is -3.61. The number of esters is 2. The summed E-state index contributed by atoms with van der Waals surface area (Å²) in [6.45, 7) is 10.3. The minimum absolute atomic E-state index is 0.0755. The molecule has 0 spiro atoms. The van der Waals surface area contributed by atoms with Gasteiger partial charge in [-0.3, -0.25) is 4.18 Å². The van der Waals surface area contributed by atoms with Crippen LogP contribution in [0.2, 0.25) is 25.7 Å². The molecule has 0 aliphatic carbocycles. The fourth-order valence-electron chi connectivity index (χ4n) is 4.97. The van der Waals surface area contributed by atoms with Crippen LogP contribution >= 0.6 is 0 Å². The molecule has 50 heavy (non-hydrogen) atoms. The van der Waals surface area contributed by atoms with Crippen molar-refractivity contribution < 1.29 is 55.3 Å². The van der Waals surface area contributed by atoms with E-state index in [-0.39, 0.29) is 37.7 Å². The highest BCUT2D eigenvalue weighted by Gasteiger charge is 2.45. The van der Waals surface area contributed by atoms with Gasteiger partial charge in [0.25, 0.3) is 10.1 Å². The molecule has 1 aliphatic heterocycles. The van der Waals surface area contributed by atoms with Crippen LogP contribution in [0.3, 0.4) is 0 Å². The predicted molar refractivity (Wildman–Crippen MR) is 192 cm³/mol. The average molecular weight is 735 g/mol. The number of benzene rings is 2. The van der Waals surface area contributed by atoms with Crippen LogP contribution in [0.5, 0.6) is 11.5 Å². The second-order valence-electron chi connectivity index (χ2n) is 13.3. The second kappa shape index (κ2) is 18.6. The zero-order chi connectivity index (χ0) is 37.0. The van der Waals surface area contributed by atoms with E-state index in [1.807, 2.05) is 6.08 Å². The Morgan fingerprint density at radius 2 is 1.72 bits per heavy atom. The molecule has 12 nitrogen and oxygen atoms in total. The van der Waals surface area contributed by atoms with Gasteiger partial charge < -0.3 is 33.2 Å². The van der Waals surface area contributed by atoms with E-state index in [4.69, 9.17) is 37.3 Å². The zero-order valence-electron chi connectivity index (χ0n) is 30.1. The SMILES string of the molecule is COCOc1cc(OC)cc(C=CC[C@@H]2OC(C)(C)OC2C(C=CCCOS(C)(=O)=O)OC(=O)c2ccccc2)c1C(=O)OCC[Si](C)(C)C. The van der Waals surface area contributed by atoms with Gasteiger partial charge in [-0.25, -0.2) is 9.59 Å². The number of hydrogen-bond acceptors (Lipinski definition) is 12. The molecule has 0 N–H and O–H groups in total. The summed E-state index contributed by atoms with van der Waals surface area (Å²) in [5, 5.41) is 0. The maximum absolute atomic E-state index is 13.5. The molecule has 1 aliphatic rings. The van der Waals surface area contributed by atoms with Crippen molar-refractivity contribution in [3.63, 3.8) is 0 Å². The number of hydrogen-bond donors (Lipinski definition) is 0. The van der Waals surface area contributed by atoms with Gasteiger partial charge in [0.2, 0.25) is 0 Å². The van der Waals surface area contributed by atoms with Gasteiger partial charge in [-0.05, 0) is 62.6 Å². The van der Waals surface area contributed by atoms with E-state index in [0.717, 1.165) is 12.3 Å². The highest BCUT2D eigenvalue weighted by atomic mass is 32.2. The Bertz CT molecular complexity index is 1580. The van der Waals surface area contributed by atoms with Crippen LogP contribution in [0.15, 0.2) is 60.7 Å². The van der Waals surface area contributed by atoms with Crippen LogP contribution in [0.4, 0.5) is 0 Å². The average Bonchev–Trinajstić information content (AvgIpc) is 3.35. The van der Waals surface area contributed by atoms with Crippen LogP contribution in [0, 0.1) is 0 Å². The highest BCUT2D eigenvalue weighted by Crippen LogP contribution is 2.35. The lowest BCUT2D eigenvalue weighted by atomic mass is 10.0. The van der Waals surface area contributed by atoms with E-state index in [2.05, 4.69) is 19.6 Å². The van der Waals surface area contributed by atoms with Crippen LogP contribution in [-0.2, 0) is 38.0 Å². The zero-order valence-corrected chi connectivity index (χ0v) is 31.9. The molecule has 1 heterocycles. The maximum Gasteiger partial charge on any atom is 0.342 e. The molecule has 1 fully saturated rings. The summed E-state index contributed by atoms with van der Waals surface area (Å²) < 4.78 is 68.2. The summed E-state index contributed by atoms with van der Waals surface area (Å²) >= 11 is 0. The molecular weight excluding hydrogens is 685 g/mol. The van der Waals surface area contributed by atoms with Crippen molar-refractivity contribution in [2.75, 3.05) is 40.5 Å². The molecule has 2 aromatic rings. The fraction of sp³-hybridized carbons (Fsp3) is 0.500. The summed E-state index contributed by atoms with van der Waals surface area (Å²) in [4.78, 5) is 26.6. The summed E-state index contributed by atoms with van der Waals surface area (Å²) in [5.41, 5.74) is 1.08. The van der Waals surface area contributed by atoms with Crippen LogP contribution in [0.25, 0.3) is 6.08 Å². The van der Waals surface area contributed by atoms with Gasteiger partial charge in [0.1, 0.15) is 29.3 Å². The molecule has 0 radical (unpaired) electrons. The molecule has 276 valence electrons. The Kier molecular flexibility index (Phi) is 15.2. The lowest BCUT2D eigenvalue weighted by molar-refractivity contribution is -0.152. The Balaban J connectivity index is 1.91. The van der Waals surface area contributed by atoms with Crippen molar-refractivity contribution in [2.45, 2.75) is 76.5 Å². The Labute approximate surface area is 296 Å². The van der Waals surface area contributed by atoms with Crippen molar-refractivity contribution in [1.29, 1.82) is 0 Å². The van der Waals surface area contributed by atoms with E-state index in [0.29, 0.717) is 23.3 Å². The van der Waals surface area contributed by atoms with Crippen molar-refractivity contribution in [3.05, 3.63) is 77.4 Å². The first kappa shape index (κ1) is 40.9. The van der Waals surface area contributed by atoms with E-state index in [1.165, 1.54) is 14.2 Å². The van der Waals surface area contributed by atoms with Gasteiger partial charge in [-0.15, -0.1) is 0 Å². The maximum atomic E-state index is 13.5. The smallest absolute Gasteiger partial charge is 0.342 e. The highest BCUT2D eigenvalue weighted by molar-refractivity contribution is 7.85. The second-order valence-corrected chi connectivity index (χ2v) is 20.6. The quantitative estimate of drug-likeness (QED) is 0.0403. The molecule has 0 amide bonds. The van der Waals surface area contributed by atoms with E-state index in [1.54, 1.807) is 74.5 Å². The van der Waals surface area contributed by atoms with Gasteiger partial charge in [-0.1, -0.05) is 56.1 Å². The molecular formula is C36H50O12SSi. The van der Waals surface area contributed by atoms with E-state index >= 15 is 0 Å². The third-order valence-corrected chi connectivity index (χ3v) is 9.63. The van der Waals surface area contributed by atoms with Crippen molar-refractivity contribution in [3.8, 4) is 11.5 Å². The molecule has 14 heteroatoms. The Morgan fingerprint density at radius 3 is 2.36 bits per heavy atom. The summed E-state index contributed by atoms with van der Waals surface area (Å²) in [7, 11) is -2.06. The third kappa shape index (κ3) is 13.6. The van der Waals surface area contributed by atoms with Gasteiger partial charge in [0.05, 0.1) is 38.2 Å². The fourth-order valence-corrected chi connectivity index (χ4v) is 6.08. The normalized spacial score (nSPS) is 18.3. The third-order valence-electron chi connectivity index (χ3n) is 7.33. The molecule has 3 atom stereocenters. The van der Waals surface area contributed by atoms with Gasteiger partial charge in [0, 0.05) is 21.3 Å². The monoisotopic (exact) mass is 734 g/mol. The first-order valence-electron chi connectivity index (χ1n) is 16.3. The Morgan fingerprint density at radius 1 is 1.00 bits per heavy atom. The molecule has 2 unspecified atom stereocenters. The van der Waals surface area contributed by atoms with Gasteiger partial charge >= 0.3 is 11.9 Å². The summed E-state index contributed by atoms with van der Waals surface area (Å²) in [6, 6.07) is 12.7. The number of carbonyl (C=O) groups is 2. The number of rotatable bonds is 19. The van der Waals surface area contributed by atoms with Crippen molar-refractivity contribution >= 4 is 36.2 Å². The topological polar surface area (TPSA) is 142 Å². The van der Waals surface area contributed by atoms with E-state index in [9.17, 15) is 18.0 Å². The predicted octanol–water partition coefficient (Wildman–Crippen LogP) is 6.24. The first-order valence-corrected chi connectivity index (χ1v) is 21.8. The largest absolute Gasteiger partial charge is 0.497 e. The standard InChI is InChI=1S/C36H50O12SSi/c1-36(2)47-30(33(48-36)29(18-12-13-20-45-49(5,39)40)46-34(37)26-15-10-9-11-16-26)19-14-17-27-23-28(42-4)24-31(44-25-41-3)32(27)35(38)43-21-22-50(6,7)8/h9-12,14-18,23-24,29-30,33H,13,19-22,25H2,1-8H3/t29?,30-,33?/m0/s1. The molecule has 0 bridgehead atoms. The van der Waals surface area contributed by atoms with E-state index < -0.39 is 54.2 Å². The van der Waals surface area contributed by atoms with Gasteiger partial charge in [-0.2, -0.15) is 8.42 Å². The lowest BCUT2D eigenvalue weighted by Crippen LogP contribution is -2.37. The first-order chi connectivity index (χ1) is 23.5. The summed E-state index contributed by atoms with van der Waals surface area (Å²) in [5.74, 6) is -1.40. The lowest BCUT2D eigenvalue weighted by Gasteiger charge is -2.24. The van der Waals surface area contributed by atoms with Crippen LogP contribution in [-0.4, -0.2) is 93.0 Å². The van der Waals surface area contributed by atoms with Crippen molar-refractivity contribution in [2.24, 2.45) is 0 Å². The van der Waals surface area contributed by atoms with Gasteiger partial charge in [0.15, 0.2) is 12.6 Å². The Hall–Kier alpha value is -3.53. The number of carbonyl (C=O) groups excluding carboxylic acids is 2. The molecule has 2 aromatic carbocycles. The minimum Gasteiger partial charge on any atom is -0.497 e. The molecule has 1 saturated heterocycles. The molecule has 3 rings (SSSR count). The molecule has 0 saturated carbocycles. The van der Waals surface area contributed by atoms with Crippen molar-refractivity contribution in [1.82, 2.24) is 0 Å². The van der Waals surface area contributed by atoms with Crippen LogP contribution < -0.4 is 9.47 Å². The van der Waals surface area contributed by atoms with Crippen LogP contribution in [0.1, 0.15) is 53.0 Å². The summed E-state index contributed by atoms with van der Waals surface area (Å²) in [6.07, 6.45) is 6.20. The number of ether oxygens (including phenoxy) is 7. The number of methoxy groups -OCH3 is 2. The molecule has 0 aromatic heterocycles.